The van der Waals surface area contributed by atoms with Crippen LogP contribution in [0.2, 0.25) is 0 Å². The van der Waals surface area contributed by atoms with E-state index in [1.54, 1.807) is 12.1 Å². The second-order valence-electron chi connectivity index (χ2n) is 8.76. The Bertz CT molecular complexity index is 852. The Balaban J connectivity index is 1.35. The van der Waals surface area contributed by atoms with Gasteiger partial charge in [0, 0.05) is 25.7 Å². The van der Waals surface area contributed by atoms with Crippen molar-refractivity contribution >= 4 is 6.03 Å². The molecule has 1 saturated heterocycles. The number of hydrogen-bond acceptors (Lipinski definition) is 3. The Labute approximate surface area is 184 Å². The summed E-state index contributed by atoms with van der Waals surface area (Å²) in [6, 6.07) is 14.6. The van der Waals surface area contributed by atoms with E-state index in [-0.39, 0.29) is 11.8 Å². The number of likely N-dealkylation sites (tertiary alicyclic amines) is 1. The normalized spacial score (nSPS) is 19.1. The Morgan fingerprint density at radius 2 is 1.77 bits per heavy atom. The van der Waals surface area contributed by atoms with Gasteiger partial charge >= 0.3 is 6.03 Å². The number of amides is 2. The first-order valence-corrected chi connectivity index (χ1v) is 11.3. The molecule has 1 N–H and O–H groups in total. The number of carbonyl (C=O) groups is 1. The predicted molar refractivity (Wildman–Crippen MR) is 119 cm³/mol. The third-order valence-electron chi connectivity index (χ3n) is 6.40. The molecule has 1 unspecified atom stereocenters. The van der Waals surface area contributed by atoms with E-state index in [0.717, 1.165) is 49.1 Å². The molecular weight excluding hydrogens is 393 g/mol. The van der Waals surface area contributed by atoms with Gasteiger partial charge in [-0.05, 0) is 81.1 Å². The summed E-state index contributed by atoms with van der Waals surface area (Å²) in [5, 5.41) is 3.06. The third kappa shape index (κ3) is 5.97. The smallest absolute Gasteiger partial charge is 0.318 e. The van der Waals surface area contributed by atoms with Crippen molar-refractivity contribution < 1.29 is 13.9 Å². The number of hydrogen-bond donors (Lipinski definition) is 1. The standard InChI is InChI=1S/C25H32FN3O2/c1-28-15-3-4-22(28)18-29(17-20-7-11-21(26)12-8-20)25(30)27-16-19-9-13-24(14-10-19)31-23-5-2-6-23/h7-14,22-23H,2-6,15-18H2,1H3,(H,27,30). The number of rotatable bonds is 8. The van der Waals surface area contributed by atoms with Crippen LogP contribution in [0.5, 0.6) is 5.75 Å². The first kappa shape index (κ1) is 21.6. The van der Waals surface area contributed by atoms with Crippen molar-refractivity contribution in [1.29, 1.82) is 0 Å². The number of nitrogens with one attached hydrogen (secondary N) is 1. The maximum Gasteiger partial charge on any atom is 0.318 e. The van der Waals surface area contributed by atoms with Gasteiger partial charge in [-0.1, -0.05) is 24.3 Å². The van der Waals surface area contributed by atoms with Gasteiger partial charge in [0.15, 0.2) is 0 Å². The fraction of sp³-hybridized carbons (Fsp3) is 0.480. The van der Waals surface area contributed by atoms with E-state index >= 15 is 0 Å². The fourth-order valence-corrected chi connectivity index (χ4v) is 4.15. The van der Waals surface area contributed by atoms with E-state index in [9.17, 15) is 9.18 Å². The second kappa shape index (κ2) is 10.1. The first-order valence-electron chi connectivity index (χ1n) is 11.3. The zero-order chi connectivity index (χ0) is 21.6. The van der Waals surface area contributed by atoms with Crippen LogP contribution in [0.3, 0.4) is 0 Å². The average Bonchev–Trinajstić information content (AvgIpc) is 3.15. The van der Waals surface area contributed by atoms with Crippen LogP contribution in [0.4, 0.5) is 9.18 Å². The zero-order valence-electron chi connectivity index (χ0n) is 18.2. The van der Waals surface area contributed by atoms with Crippen molar-refractivity contribution in [3.63, 3.8) is 0 Å². The van der Waals surface area contributed by atoms with Crippen LogP contribution in [-0.4, -0.2) is 48.1 Å². The molecule has 1 atom stereocenters. The summed E-state index contributed by atoms with van der Waals surface area (Å²) in [5.41, 5.74) is 1.96. The molecule has 0 bridgehead atoms. The molecule has 2 amide bonds. The number of halogens is 1. The molecule has 2 aromatic rings. The molecule has 6 heteroatoms. The molecule has 1 heterocycles. The summed E-state index contributed by atoms with van der Waals surface area (Å²) >= 11 is 0. The number of benzene rings is 2. The molecule has 1 saturated carbocycles. The fourth-order valence-electron chi connectivity index (χ4n) is 4.15. The molecule has 0 radical (unpaired) electrons. The Hall–Kier alpha value is -2.60. The SMILES string of the molecule is CN1CCCC1CN(Cc1ccc(F)cc1)C(=O)NCc1ccc(OC2CCC2)cc1. The van der Waals surface area contributed by atoms with Crippen LogP contribution >= 0.6 is 0 Å². The summed E-state index contributed by atoms with van der Waals surface area (Å²) in [4.78, 5) is 17.2. The number of likely N-dealkylation sites (N-methyl/N-ethyl adjacent to an activating group) is 1. The molecule has 0 aromatic heterocycles. The molecule has 2 fully saturated rings. The molecule has 1 aliphatic heterocycles. The highest BCUT2D eigenvalue weighted by molar-refractivity contribution is 5.74. The molecule has 5 nitrogen and oxygen atoms in total. The number of nitrogens with zero attached hydrogens (tertiary/aromatic N) is 2. The predicted octanol–water partition coefficient (Wildman–Crippen LogP) is 4.56. The lowest BCUT2D eigenvalue weighted by Crippen LogP contribution is -2.45. The summed E-state index contributed by atoms with van der Waals surface area (Å²) in [6.07, 6.45) is 6.13. The summed E-state index contributed by atoms with van der Waals surface area (Å²) in [6.45, 7) is 2.65. The number of ether oxygens (including phenoxy) is 1. The summed E-state index contributed by atoms with van der Waals surface area (Å²) < 4.78 is 19.2. The Morgan fingerprint density at radius 1 is 1.06 bits per heavy atom. The zero-order valence-corrected chi connectivity index (χ0v) is 18.2. The summed E-state index contributed by atoms with van der Waals surface area (Å²) in [5.74, 6) is 0.627. The molecule has 166 valence electrons. The van der Waals surface area contributed by atoms with Gasteiger partial charge in [-0.15, -0.1) is 0 Å². The molecule has 2 aliphatic rings. The monoisotopic (exact) mass is 425 g/mol. The molecule has 0 spiro atoms. The van der Waals surface area contributed by atoms with E-state index in [0.29, 0.717) is 31.8 Å². The lowest BCUT2D eigenvalue weighted by Gasteiger charge is -2.29. The molecule has 1 aliphatic carbocycles. The first-order chi connectivity index (χ1) is 15.1. The second-order valence-corrected chi connectivity index (χ2v) is 8.76. The largest absolute Gasteiger partial charge is 0.490 e. The lowest BCUT2D eigenvalue weighted by atomic mass is 9.96. The highest BCUT2D eigenvalue weighted by atomic mass is 19.1. The minimum absolute atomic E-state index is 0.0978. The minimum Gasteiger partial charge on any atom is -0.490 e. The van der Waals surface area contributed by atoms with Crippen molar-refractivity contribution in [3.8, 4) is 5.75 Å². The quantitative estimate of drug-likeness (QED) is 0.674. The van der Waals surface area contributed by atoms with Crippen molar-refractivity contribution in [3.05, 3.63) is 65.5 Å². The van der Waals surface area contributed by atoms with E-state index in [2.05, 4.69) is 17.3 Å². The van der Waals surface area contributed by atoms with Gasteiger partial charge < -0.3 is 19.9 Å². The number of carbonyl (C=O) groups excluding carboxylic acids is 1. The van der Waals surface area contributed by atoms with Crippen molar-refractivity contribution in [2.24, 2.45) is 0 Å². The van der Waals surface area contributed by atoms with Gasteiger partial charge in [0.2, 0.25) is 0 Å². The van der Waals surface area contributed by atoms with Crippen LogP contribution < -0.4 is 10.1 Å². The van der Waals surface area contributed by atoms with Crippen LogP contribution in [0.25, 0.3) is 0 Å². The van der Waals surface area contributed by atoms with Gasteiger partial charge in [0.05, 0.1) is 6.10 Å². The molecule has 31 heavy (non-hydrogen) atoms. The lowest BCUT2D eigenvalue weighted by molar-refractivity contribution is 0.120. The van der Waals surface area contributed by atoms with E-state index in [1.165, 1.54) is 18.6 Å². The highest BCUT2D eigenvalue weighted by Gasteiger charge is 2.26. The maximum absolute atomic E-state index is 13.3. The molecule has 2 aromatic carbocycles. The number of urea groups is 1. The summed E-state index contributed by atoms with van der Waals surface area (Å²) in [7, 11) is 2.11. The minimum atomic E-state index is -0.264. The van der Waals surface area contributed by atoms with Gasteiger partial charge in [-0.2, -0.15) is 0 Å². The van der Waals surface area contributed by atoms with Gasteiger partial charge in [0.25, 0.3) is 0 Å². The topological polar surface area (TPSA) is 44.8 Å². The van der Waals surface area contributed by atoms with Crippen LogP contribution in [0, 0.1) is 5.82 Å². The van der Waals surface area contributed by atoms with E-state index < -0.39 is 0 Å². The van der Waals surface area contributed by atoms with E-state index in [1.807, 2.05) is 29.2 Å². The maximum atomic E-state index is 13.3. The van der Waals surface area contributed by atoms with Crippen LogP contribution in [0.1, 0.15) is 43.2 Å². The Morgan fingerprint density at radius 3 is 2.39 bits per heavy atom. The molecular formula is C25H32FN3O2. The van der Waals surface area contributed by atoms with Gasteiger partial charge in [0.1, 0.15) is 11.6 Å². The van der Waals surface area contributed by atoms with Gasteiger partial charge in [-0.25, -0.2) is 9.18 Å². The van der Waals surface area contributed by atoms with Crippen LogP contribution in [-0.2, 0) is 13.1 Å². The van der Waals surface area contributed by atoms with Crippen molar-refractivity contribution in [2.45, 2.75) is 57.3 Å². The van der Waals surface area contributed by atoms with Gasteiger partial charge in [-0.3, -0.25) is 0 Å². The Kier molecular flexibility index (Phi) is 7.07. The average molecular weight is 426 g/mol. The highest BCUT2D eigenvalue weighted by Crippen LogP contribution is 2.25. The third-order valence-corrected chi connectivity index (χ3v) is 6.40. The van der Waals surface area contributed by atoms with E-state index in [4.69, 9.17) is 4.74 Å². The van der Waals surface area contributed by atoms with Crippen molar-refractivity contribution in [1.82, 2.24) is 15.1 Å². The van der Waals surface area contributed by atoms with Crippen molar-refractivity contribution in [2.75, 3.05) is 20.1 Å². The van der Waals surface area contributed by atoms with Crippen LogP contribution in [0.15, 0.2) is 48.5 Å². The molecule has 4 rings (SSSR count).